The first-order chi connectivity index (χ1) is 7.74. The fraction of sp³-hybridized carbons (Fsp3) is 0.636. The first kappa shape index (κ1) is 14.5. The van der Waals surface area contributed by atoms with Crippen LogP contribution in [0.5, 0.6) is 0 Å². The quantitative estimate of drug-likeness (QED) is 0.727. The number of rotatable bonds is 8. The Morgan fingerprint density at radius 3 is 2.94 bits per heavy atom. The molecule has 0 amide bonds. The van der Waals surface area contributed by atoms with Crippen molar-refractivity contribution in [3.63, 3.8) is 0 Å². The first-order valence-electron chi connectivity index (χ1n) is 5.46. The molecule has 1 heterocycles. The number of unbranched alkanes of at least 4 members (excludes halogenated alkanes) is 1. The van der Waals surface area contributed by atoms with Crippen molar-refractivity contribution in [2.75, 3.05) is 19.8 Å². The third-order valence-corrected chi connectivity index (χ3v) is 4.54. The Kier molecular flexibility index (Phi) is 7.66. The van der Waals surface area contributed by atoms with Gasteiger partial charge >= 0.3 is 0 Å². The molecule has 0 aliphatic carbocycles. The summed E-state index contributed by atoms with van der Waals surface area (Å²) in [4.78, 5) is 1.24. The smallest absolute Gasteiger partial charge is 0.107 e. The Balaban J connectivity index is 2.03. The highest BCUT2D eigenvalue weighted by atomic mass is 79.9. The summed E-state index contributed by atoms with van der Waals surface area (Å²) in [6.07, 6.45) is 2.34. The zero-order chi connectivity index (χ0) is 11.8. The van der Waals surface area contributed by atoms with E-state index in [1.165, 1.54) is 11.3 Å². The largest absolute Gasteiger partial charge is 0.380 e. The van der Waals surface area contributed by atoms with E-state index in [4.69, 9.17) is 16.3 Å². The van der Waals surface area contributed by atoms with E-state index in [0.29, 0.717) is 0 Å². The molecule has 1 aromatic heterocycles. The molecule has 0 aromatic carbocycles. The molecule has 0 aliphatic rings. The van der Waals surface area contributed by atoms with Crippen molar-refractivity contribution in [2.45, 2.75) is 26.3 Å². The van der Waals surface area contributed by atoms with Crippen LogP contribution in [-0.4, -0.2) is 19.8 Å². The van der Waals surface area contributed by atoms with Crippen LogP contribution in [0.15, 0.2) is 10.5 Å². The Bertz CT molecular complexity index is 287. The first-order valence-corrected chi connectivity index (χ1v) is 7.45. The molecule has 0 unspecified atom stereocenters. The minimum absolute atomic E-state index is 0.778. The summed E-state index contributed by atoms with van der Waals surface area (Å²) in [5, 5.41) is 3.33. The van der Waals surface area contributed by atoms with Crippen LogP contribution in [0.1, 0.15) is 24.6 Å². The van der Waals surface area contributed by atoms with E-state index >= 15 is 0 Å². The minimum atomic E-state index is 0.778. The van der Waals surface area contributed by atoms with Gasteiger partial charge in [0.2, 0.25) is 0 Å². The van der Waals surface area contributed by atoms with Gasteiger partial charge in [0.05, 0.1) is 6.61 Å². The molecular formula is C11H17BrClNOS. The molecule has 1 rings (SSSR count). The van der Waals surface area contributed by atoms with Gasteiger partial charge in [-0.25, -0.2) is 0 Å². The van der Waals surface area contributed by atoms with Crippen molar-refractivity contribution in [2.24, 2.45) is 0 Å². The summed E-state index contributed by atoms with van der Waals surface area (Å²) in [5.41, 5.74) is 0. The predicted octanol–water partition coefficient (Wildman–Crippen LogP) is 4.07. The molecule has 0 radical (unpaired) electrons. The van der Waals surface area contributed by atoms with Crippen molar-refractivity contribution in [3.05, 3.63) is 19.8 Å². The van der Waals surface area contributed by atoms with Crippen molar-refractivity contribution in [3.8, 4) is 0 Å². The van der Waals surface area contributed by atoms with Crippen LogP contribution in [-0.2, 0) is 11.3 Å². The average molecular weight is 327 g/mol. The fourth-order valence-electron chi connectivity index (χ4n) is 1.18. The highest BCUT2D eigenvalue weighted by Gasteiger charge is 2.03. The summed E-state index contributed by atoms with van der Waals surface area (Å²) in [6, 6.07) is 2.05. The van der Waals surface area contributed by atoms with Gasteiger partial charge in [-0.3, -0.25) is 0 Å². The number of nitrogens with one attached hydrogen (secondary N) is 1. The molecule has 1 N–H and O–H groups in total. The van der Waals surface area contributed by atoms with E-state index in [1.54, 1.807) is 11.3 Å². The summed E-state index contributed by atoms with van der Waals surface area (Å²) in [5.74, 6) is 0. The maximum absolute atomic E-state index is 5.95. The van der Waals surface area contributed by atoms with Crippen LogP contribution in [0.4, 0.5) is 0 Å². The number of hydrogen-bond acceptors (Lipinski definition) is 3. The van der Waals surface area contributed by atoms with Crippen LogP contribution in [0.25, 0.3) is 0 Å². The van der Waals surface area contributed by atoms with Crippen molar-refractivity contribution in [1.82, 2.24) is 5.32 Å². The van der Waals surface area contributed by atoms with Crippen molar-refractivity contribution in [1.29, 1.82) is 0 Å². The Hall–Kier alpha value is 0.390. The molecular weight excluding hydrogens is 310 g/mol. The molecule has 0 saturated carbocycles. The van der Waals surface area contributed by atoms with E-state index < -0.39 is 0 Å². The zero-order valence-corrected chi connectivity index (χ0v) is 12.6. The number of thiophene rings is 1. The number of hydrogen-bond donors (Lipinski definition) is 1. The van der Waals surface area contributed by atoms with Gasteiger partial charge in [-0.2, -0.15) is 0 Å². The molecule has 0 bridgehead atoms. The lowest BCUT2D eigenvalue weighted by Gasteiger charge is -2.04. The second-order valence-corrected chi connectivity index (χ2v) is 6.07. The van der Waals surface area contributed by atoms with Gasteiger partial charge in [-0.05, 0) is 28.4 Å². The van der Waals surface area contributed by atoms with Crippen LogP contribution in [0.2, 0.25) is 4.34 Å². The fourth-order valence-corrected chi connectivity index (χ4v) is 2.94. The molecule has 5 heteroatoms. The van der Waals surface area contributed by atoms with E-state index in [0.717, 1.165) is 41.5 Å². The molecule has 0 atom stereocenters. The minimum Gasteiger partial charge on any atom is -0.380 e. The third-order valence-electron chi connectivity index (χ3n) is 2.06. The zero-order valence-electron chi connectivity index (χ0n) is 9.39. The number of ether oxygens (including phenoxy) is 1. The van der Waals surface area contributed by atoms with Crippen LogP contribution < -0.4 is 5.32 Å². The van der Waals surface area contributed by atoms with E-state index in [-0.39, 0.29) is 0 Å². The molecule has 92 valence electrons. The predicted molar refractivity (Wildman–Crippen MR) is 74.5 cm³/mol. The van der Waals surface area contributed by atoms with Crippen molar-refractivity contribution >= 4 is 38.9 Å². The average Bonchev–Trinajstić information content (AvgIpc) is 2.57. The van der Waals surface area contributed by atoms with Gasteiger partial charge in [-0.1, -0.05) is 24.9 Å². The molecule has 2 nitrogen and oxygen atoms in total. The molecule has 0 saturated heterocycles. The van der Waals surface area contributed by atoms with Gasteiger partial charge in [0, 0.05) is 29.0 Å². The lowest BCUT2D eigenvalue weighted by Crippen LogP contribution is -2.18. The molecule has 0 fully saturated rings. The molecule has 0 spiro atoms. The van der Waals surface area contributed by atoms with Crippen LogP contribution >= 0.6 is 38.9 Å². The third kappa shape index (κ3) is 5.64. The number of halogens is 2. The molecule has 16 heavy (non-hydrogen) atoms. The standard InChI is InChI=1S/C11H17BrClNOS/c1-2-3-5-15-6-4-14-8-9-7-10(12)11(13)16-9/h7,14H,2-6,8H2,1H3. The van der Waals surface area contributed by atoms with Crippen LogP contribution in [0, 0.1) is 0 Å². The van der Waals surface area contributed by atoms with Gasteiger partial charge in [0.25, 0.3) is 0 Å². The SMILES string of the molecule is CCCCOCCNCc1cc(Br)c(Cl)s1. The van der Waals surface area contributed by atoms with Crippen LogP contribution in [0.3, 0.4) is 0 Å². The van der Waals surface area contributed by atoms with Gasteiger partial charge in [-0.15, -0.1) is 11.3 Å². The lowest BCUT2D eigenvalue weighted by atomic mass is 10.4. The second kappa shape index (κ2) is 8.48. The Morgan fingerprint density at radius 1 is 1.50 bits per heavy atom. The van der Waals surface area contributed by atoms with Gasteiger partial charge in [0.15, 0.2) is 0 Å². The summed E-state index contributed by atoms with van der Waals surface area (Å²) in [6.45, 7) is 5.55. The Labute approximate surface area is 114 Å². The molecule has 0 aliphatic heterocycles. The van der Waals surface area contributed by atoms with Gasteiger partial charge in [0.1, 0.15) is 4.34 Å². The topological polar surface area (TPSA) is 21.3 Å². The molecule has 1 aromatic rings. The Morgan fingerprint density at radius 2 is 2.31 bits per heavy atom. The maximum atomic E-state index is 5.95. The monoisotopic (exact) mass is 325 g/mol. The highest BCUT2D eigenvalue weighted by Crippen LogP contribution is 2.31. The normalized spacial score (nSPS) is 10.9. The van der Waals surface area contributed by atoms with E-state index in [2.05, 4.69) is 34.2 Å². The van der Waals surface area contributed by atoms with Crippen molar-refractivity contribution < 1.29 is 4.74 Å². The second-order valence-electron chi connectivity index (χ2n) is 3.48. The summed E-state index contributed by atoms with van der Waals surface area (Å²) >= 11 is 10.9. The van der Waals surface area contributed by atoms with E-state index in [1.807, 2.05) is 0 Å². The van der Waals surface area contributed by atoms with E-state index in [9.17, 15) is 0 Å². The van der Waals surface area contributed by atoms with Gasteiger partial charge < -0.3 is 10.1 Å². The lowest BCUT2D eigenvalue weighted by molar-refractivity contribution is 0.133. The highest BCUT2D eigenvalue weighted by molar-refractivity contribution is 9.10. The maximum Gasteiger partial charge on any atom is 0.107 e. The summed E-state index contributed by atoms with van der Waals surface area (Å²) in [7, 11) is 0. The summed E-state index contributed by atoms with van der Waals surface area (Å²) < 4.78 is 7.24.